The topological polar surface area (TPSA) is 165 Å². The summed E-state index contributed by atoms with van der Waals surface area (Å²) >= 11 is 0. The molecule has 0 aliphatic rings. The lowest BCUT2D eigenvalue weighted by Gasteiger charge is -2.29. The number of hydrogen-bond acceptors (Lipinski definition) is 10. The molecule has 0 aliphatic heterocycles. The Bertz CT molecular complexity index is 991. The zero-order chi connectivity index (χ0) is 31.5. The molecule has 0 radical (unpaired) electrons. The predicted octanol–water partition coefficient (Wildman–Crippen LogP) is 9.77. The van der Waals surface area contributed by atoms with Gasteiger partial charge in [-0.15, -0.1) is 13.5 Å². The van der Waals surface area contributed by atoms with Gasteiger partial charge in [0.25, 0.3) is 0 Å². The van der Waals surface area contributed by atoms with Crippen LogP contribution in [0.25, 0.3) is 0 Å². The Hall–Kier alpha value is 0.750. The molecule has 0 aromatic rings. The van der Waals surface area contributed by atoms with E-state index < -0.39 is 38.1 Å². The lowest BCUT2D eigenvalue weighted by Crippen LogP contribution is -2.02. The van der Waals surface area contributed by atoms with E-state index >= 15 is 0 Å². The molecule has 0 bridgehead atoms. The summed E-state index contributed by atoms with van der Waals surface area (Å²) in [7, 11) is -15.9. The van der Waals surface area contributed by atoms with E-state index in [4.69, 9.17) is 54.3 Å². The lowest BCUT2D eigenvalue weighted by atomic mass is 10.5. The zero-order valence-corrected chi connectivity index (χ0v) is 31.1. The van der Waals surface area contributed by atoms with Gasteiger partial charge in [0.1, 0.15) is 0 Å². The van der Waals surface area contributed by atoms with Crippen molar-refractivity contribution in [1.29, 1.82) is 0 Å². The summed E-state index contributed by atoms with van der Waals surface area (Å²) in [5, 5.41) is 0. The van der Waals surface area contributed by atoms with Crippen molar-refractivity contribution in [1.82, 2.24) is 0 Å². The monoisotopic (exact) mass is 691 g/mol. The predicted molar refractivity (Wildman–Crippen MR) is 170 cm³/mol. The van der Waals surface area contributed by atoms with Crippen LogP contribution < -0.4 is 0 Å². The molecule has 248 valence electrons. The minimum Gasteiger partial charge on any atom is -0.339 e. The largest absolute Gasteiger partial charge is 0.349 e. The first-order chi connectivity index (χ1) is 19.4. The van der Waals surface area contributed by atoms with Crippen LogP contribution in [0.15, 0.2) is 22.8 Å². The van der Waals surface area contributed by atoms with Crippen molar-refractivity contribution in [3.8, 4) is 0 Å². The van der Waals surface area contributed by atoms with Crippen LogP contribution in [0.3, 0.4) is 0 Å². The minimum atomic E-state index is -3.73. The average molecular weight is 692 g/mol. The van der Waals surface area contributed by atoms with E-state index in [1.807, 2.05) is 13.8 Å². The number of hydrogen-bond donors (Lipinski definition) is 1. The highest BCUT2D eigenvalue weighted by Crippen LogP contribution is 2.76. The van der Waals surface area contributed by atoms with Gasteiger partial charge in [-0.25, -0.2) is 4.74 Å². The fourth-order valence-electron chi connectivity index (χ4n) is 3.02. The Morgan fingerprint density at radius 3 is 1.02 bits per heavy atom. The second kappa shape index (κ2) is 21.5. The van der Waals surface area contributed by atoms with Crippen LogP contribution in [0.4, 0.5) is 0 Å². The standard InChI is InChI=1S/C21H54N5O10P5/c1-12-21-36-38(22-10,29-14-3)24-40(32-17-6,33-18-7)26-41(34-19-8,35-20-9)25-39(30-15-4,31-16-5)23-37(11,27)28-13-2/h27H,12-21H2,1-11H3. The van der Waals surface area contributed by atoms with Crippen LogP contribution in [0.5, 0.6) is 0 Å². The highest BCUT2D eigenvalue weighted by Gasteiger charge is 2.38. The third kappa shape index (κ3) is 14.6. The average Bonchev–Trinajstić information content (AvgIpc) is 2.88. The molecule has 2 atom stereocenters. The van der Waals surface area contributed by atoms with Gasteiger partial charge in [0.15, 0.2) is 0 Å². The highest BCUT2D eigenvalue weighted by atomic mass is 31.3. The Balaban J connectivity index is 8.29. The SMILES string of the molecule is CCCOP(=NC)(N=P(N=P(N=P(N=P(C)(O)OCC)(OCC)OCC)(OCC)OCC)(OCC)OCC)OCC. The maximum absolute atomic E-state index is 11.0. The lowest BCUT2D eigenvalue weighted by molar-refractivity contribution is 0.237. The van der Waals surface area contributed by atoms with Crippen molar-refractivity contribution in [2.24, 2.45) is 22.8 Å². The summed E-state index contributed by atoms with van der Waals surface area (Å²) in [6.45, 7) is 19.6. The Kier molecular flexibility index (Phi) is 21.9. The normalized spacial score (nSPS) is 15.6. The molecule has 0 saturated carbocycles. The van der Waals surface area contributed by atoms with Crippen LogP contribution in [0.2, 0.25) is 0 Å². The van der Waals surface area contributed by atoms with Gasteiger partial charge in [0.2, 0.25) is 7.51 Å². The molecule has 2 unspecified atom stereocenters. The van der Waals surface area contributed by atoms with Gasteiger partial charge in [-0.05, 0) is 61.8 Å². The summed E-state index contributed by atoms with van der Waals surface area (Å²) in [5.74, 6) is 0. The van der Waals surface area contributed by atoms with Gasteiger partial charge in [0.05, 0.1) is 59.5 Å². The molecule has 1 N–H and O–H groups in total. The summed E-state index contributed by atoms with van der Waals surface area (Å²) in [5.41, 5.74) is 0. The second-order valence-corrected chi connectivity index (χ2v) is 18.7. The van der Waals surface area contributed by atoms with Gasteiger partial charge in [-0.1, -0.05) is 6.92 Å². The molecule has 0 rings (SSSR count). The molecule has 41 heavy (non-hydrogen) atoms. The molecular formula is C21H54N5O10P5. The second-order valence-electron chi connectivity index (χ2n) is 7.53. The van der Waals surface area contributed by atoms with Crippen molar-refractivity contribution in [3.63, 3.8) is 0 Å². The van der Waals surface area contributed by atoms with Gasteiger partial charge in [-0.2, -0.15) is 4.52 Å². The summed E-state index contributed by atoms with van der Waals surface area (Å²) in [6.07, 6.45) is 0.718. The zero-order valence-electron chi connectivity index (χ0n) is 26.7. The Labute approximate surface area is 248 Å². The van der Waals surface area contributed by atoms with Crippen LogP contribution in [0.1, 0.15) is 68.7 Å². The molecule has 15 nitrogen and oxygen atoms in total. The first-order valence-corrected chi connectivity index (χ1v) is 22.2. The Morgan fingerprint density at radius 1 is 0.439 bits per heavy atom. The molecular weight excluding hydrogens is 637 g/mol. The van der Waals surface area contributed by atoms with Crippen LogP contribution in [-0.2, 0) is 40.7 Å². The smallest absolute Gasteiger partial charge is 0.339 e. The summed E-state index contributed by atoms with van der Waals surface area (Å²) in [4.78, 5) is 11.0. The summed E-state index contributed by atoms with van der Waals surface area (Å²) in [6, 6.07) is 0. The van der Waals surface area contributed by atoms with Crippen LogP contribution in [-0.4, -0.2) is 78.1 Å². The molecule has 0 saturated heterocycles. The van der Waals surface area contributed by atoms with E-state index in [0.717, 1.165) is 6.42 Å². The van der Waals surface area contributed by atoms with E-state index in [9.17, 15) is 4.89 Å². The third-order valence-corrected chi connectivity index (χ3v) is 17.7. The number of rotatable bonds is 23. The number of nitrogens with zero attached hydrogens (tertiary/aromatic N) is 5. The van der Waals surface area contributed by atoms with E-state index in [-0.39, 0.29) is 52.9 Å². The van der Waals surface area contributed by atoms with Gasteiger partial charge >= 0.3 is 30.6 Å². The maximum Gasteiger partial charge on any atom is 0.349 e. The molecule has 0 aliphatic carbocycles. The fourth-order valence-corrected chi connectivity index (χ4v) is 16.7. The molecule has 0 heterocycles. The van der Waals surface area contributed by atoms with Crippen molar-refractivity contribution in [2.75, 3.05) is 73.2 Å². The highest BCUT2D eigenvalue weighted by molar-refractivity contribution is 7.75. The minimum absolute atomic E-state index is 0.157. The molecule has 20 heteroatoms. The van der Waals surface area contributed by atoms with E-state index in [0.29, 0.717) is 6.61 Å². The van der Waals surface area contributed by atoms with Crippen LogP contribution >= 0.6 is 38.1 Å². The first-order valence-electron chi connectivity index (χ1n) is 14.0. The van der Waals surface area contributed by atoms with Gasteiger partial charge in [-0.3, -0.25) is 0 Å². The quantitative estimate of drug-likeness (QED) is 0.102. The van der Waals surface area contributed by atoms with Crippen molar-refractivity contribution in [3.05, 3.63) is 0 Å². The molecule has 0 aromatic carbocycles. The van der Waals surface area contributed by atoms with Crippen molar-refractivity contribution in [2.45, 2.75) is 68.7 Å². The van der Waals surface area contributed by atoms with Gasteiger partial charge < -0.3 is 45.6 Å². The summed E-state index contributed by atoms with van der Waals surface area (Å²) < 4.78 is 78.1. The Morgan fingerprint density at radius 2 is 0.732 bits per heavy atom. The van der Waals surface area contributed by atoms with E-state index in [1.165, 1.54) is 6.66 Å². The van der Waals surface area contributed by atoms with E-state index in [2.05, 4.69) is 9.26 Å². The first kappa shape index (κ1) is 41.8. The fraction of sp³-hybridized carbons (Fsp3) is 1.00. The van der Waals surface area contributed by atoms with Crippen molar-refractivity contribution < 1.29 is 45.6 Å². The van der Waals surface area contributed by atoms with E-state index in [1.54, 1.807) is 55.5 Å². The molecule has 0 fully saturated rings. The molecule has 0 amide bonds. The van der Waals surface area contributed by atoms with Crippen LogP contribution in [0, 0.1) is 0 Å². The van der Waals surface area contributed by atoms with Crippen molar-refractivity contribution >= 4 is 38.1 Å². The molecule has 0 spiro atoms. The third-order valence-electron chi connectivity index (χ3n) is 4.13. The maximum atomic E-state index is 11.0. The van der Waals surface area contributed by atoms with Gasteiger partial charge in [0, 0.05) is 13.7 Å². The molecule has 0 aromatic heterocycles.